The van der Waals surface area contributed by atoms with E-state index in [9.17, 15) is 4.79 Å². The summed E-state index contributed by atoms with van der Waals surface area (Å²) in [7, 11) is 0. The lowest BCUT2D eigenvalue weighted by molar-refractivity contribution is -0.137. The SMILES string of the molecule is Nc1c(Br)c(N2CCC(CC(=O)O)C2)nc2c(-c3cnc4ccccc4c3)cnn12. The average molecular weight is 467 g/mol. The zero-order valence-corrected chi connectivity index (χ0v) is 17.6. The number of rotatable bonds is 4. The summed E-state index contributed by atoms with van der Waals surface area (Å²) in [6, 6.07) is 10.0. The van der Waals surface area contributed by atoms with Gasteiger partial charge in [0, 0.05) is 42.2 Å². The molecule has 0 saturated carbocycles. The van der Waals surface area contributed by atoms with Crippen LogP contribution in [0.1, 0.15) is 12.8 Å². The highest BCUT2D eigenvalue weighted by Crippen LogP contribution is 2.36. The molecule has 0 amide bonds. The number of hydrogen-bond donors (Lipinski definition) is 2. The fourth-order valence-electron chi connectivity index (χ4n) is 4.05. The fraction of sp³-hybridized carbons (Fsp3) is 0.238. The van der Waals surface area contributed by atoms with Crippen LogP contribution in [-0.4, -0.2) is 43.7 Å². The Morgan fingerprint density at radius 1 is 1.30 bits per heavy atom. The molecule has 9 heteroatoms. The quantitative estimate of drug-likeness (QED) is 0.472. The monoisotopic (exact) mass is 466 g/mol. The maximum atomic E-state index is 11.1. The van der Waals surface area contributed by atoms with Crippen molar-refractivity contribution in [2.75, 3.05) is 23.7 Å². The third kappa shape index (κ3) is 3.15. The number of carbonyl (C=O) groups is 1. The number of halogens is 1. The van der Waals surface area contributed by atoms with E-state index in [4.69, 9.17) is 15.8 Å². The number of carboxylic acids is 1. The van der Waals surface area contributed by atoms with E-state index in [0.717, 1.165) is 35.0 Å². The second-order valence-electron chi connectivity index (χ2n) is 7.54. The van der Waals surface area contributed by atoms with E-state index in [1.165, 1.54) is 0 Å². The van der Waals surface area contributed by atoms with E-state index >= 15 is 0 Å². The maximum Gasteiger partial charge on any atom is 0.303 e. The van der Waals surface area contributed by atoms with E-state index < -0.39 is 5.97 Å². The van der Waals surface area contributed by atoms with Crippen molar-refractivity contribution in [1.82, 2.24) is 19.6 Å². The molecule has 1 saturated heterocycles. The highest BCUT2D eigenvalue weighted by molar-refractivity contribution is 9.10. The van der Waals surface area contributed by atoms with E-state index in [1.54, 1.807) is 10.7 Å². The molecule has 152 valence electrons. The molecule has 0 bridgehead atoms. The van der Waals surface area contributed by atoms with Gasteiger partial charge in [0.2, 0.25) is 0 Å². The van der Waals surface area contributed by atoms with Crippen molar-refractivity contribution in [3.8, 4) is 11.1 Å². The van der Waals surface area contributed by atoms with E-state index in [2.05, 4.69) is 37.0 Å². The van der Waals surface area contributed by atoms with Crippen molar-refractivity contribution < 1.29 is 9.90 Å². The average Bonchev–Trinajstić information content (AvgIpc) is 3.37. The number of nitrogens with zero attached hydrogens (tertiary/aromatic N) is 5. The number of aliphatic carboxylic acids is 1. The summed E-state index contributed by atoms with van der Waals surface area (Å²) in [5.41, 5.74) is 9.68. The van der Waals surface area contributed by atoms with Crippen LogP contribution in [0.25, 0.3) is 27.7 Å². The Kier molecular flexibility index (Phi) is 4.54. The molecular weight excluding hydrogens is 448 g/mol. The van der Waals surface area contributed by atoms with Crippen LogP contribution >= 0.6 is 15.9 Å². The van der Waals surface area contributed by atoms with Gasteiger partial charge in [0.25, 0.3) is 0 Å². The van der Waals surface area contributed by atoms with Gasteiger partial charge in [0.05, 0.1) is 11.7 Å². The molecular formula is C21H19BrN6O2. The number of anilines is 2. The van der Waals surface area contributed by atoms with Gasteiger partial charge in [-0.15, -0.1) is 0 Å². The molecule has 8 nitrogen and oxygen atoms in total. The molecule has 4 aromatic rings. The van der Waals surface area contributed by atoms with Crippen LogP contribution in [0.4, 0.5) is 11.6 Å². The van der Waals surface area contributed by atoms with Gasteiger partial charge in [-0.25, -0.2) is 4.98 Å². The van der Waals surface area contributed by atoms with Crippen molar-refractivity contribution in [2.24, 2.45) is 5.92 Å². The molecule has 30 heavy (non-hydrogen) atoms. The number of nitrogens with two attached hydrogens (primary N) is 1. The summed E-state index contributed by atoms with van der Waals surface area (Å²) in [5, 5.41) is 14.6. The van der Waals surface area contributed by atoms with Gasteiger partial charge in [-0.2, -0.15) is 9.61 Å². The van der Waals surface area contributed by atoms with Gasteiger partial charge in [-0.3, -0.25) is 9.78 Å². The molecule has 1 unspecified atom stereocenters. The normalized spacial score (nSPS) is 16.6. The third-order valence-corrected chi connectivity index (χ3v) is 6.32. The van der Waals surface area contributed by atoms with Crippen LogP contribution < -0.4 is 10.6 Å². The fourth-order valence-corrected chi connectivity index (χ4v) is 4.56. The summed E-state index contributed by atoms with van der Waals surface area (Å²) >= 11 is 3.56. The Hall–Kier alpha value is -3.20. The number of para-hydroxylation sites is 1. The molecule has 4 heterocycles. The zero-order valence-electron chi connectivity index (χ0n) is 16.0. The lowest BCUT2D eigenvalue weighted by atomic mass is 10.1. The Morgan fingerprint density at radius 3 is 2.97 bits per heavy atom. The molecule has 0 spiro atoms. The molecule has 1 atom stereocenters. The molecule has 1 aliphatic rings. The second kappa shape index (κ2) is 7.24. The van der Waals surface area contributed by atoms with E-state index in [1.807, 2.05) is 30.5 Å². The number of pyridine rings is 1. The minimum atomic E-state index is -0.772. The van der Waals surface area contributed by atoms with Gasteiger partial charge in [-0.1, -0.05) is 18.2 Å². The largest absolute Gasteiger partial charge is 0.481 e. The topological polar surface area (TPSA) is 110 Å². The van der Waals surface area contributed by atoms with Crippen LogP contribution in [0.3, 0.4) is 0 Å². The molecule has 1 aromatic carbocycles. The van der Waals surface area contributed by atoms with Crippen LogP contribution in [0.15, 0.2) is 47.2 Å². The number of benzene rings is 1. The first-order valence-corrected chi connectivity index (χ1v) is 10.4. The molecule has 0 radical (unpaired) electrons. The van der Waals surface area contributed by atoms with E-state index in [-0.39, 0.29) is 12.3 Å². The molecule has 1 fully saturated rings. The van der Waals surface area contributed by atoms with Crippen molar-refractivity contribution in [2.45, 2.75) is 12.8 Å². The Morgan fingerprint density at radius 2 is 2.13 bits per heavy atom. The van der Waals surface area contributed by atoms with Crippen LogP contribution in [0.2, 0.25) is 0 Å². The number of nitrogen functional groups attached to an aromatic ring is 1. The molecule has 1 aliphatic heterocycles. The Bertz CT molecular complexity index is 1290. The first-order chi connectivity index (χ1) is 14.5. The molecule has 3 aromatic heterocycles. The molecule has 5 rings (SSSR count). The van der Waals surface area contributed by atoms with Crippen LogP contribution in [-0.2, 0) is 4.79 Å². The number of hydrogen-bond acceptors (Lipinski definition) is 6. The standard InChI is InChI=1S/C21H19BrN6O2/c22-18-19(23)28-20(26-21(18)27-6-5-12(11-27)7-17(29)30)15(10-25-28)14-8-13-3-1-2-4-16(13)24-9-14/h1-4,8-10,12H,5-7,11,23H2,(H,29,30). The summed E-state index contributed by atoms with van der Waals surface area (Å²) in [4.78, 5) is 22.6. The molecule has 3 N–H and O–H groups in total. The maximum absolute atomic E-state index is 11.1. The second-order valence-corrected chi connectivity index (χ2v) is 8.34. The van der Waals surface area contributed by atoms with Gasteiger partial charge < -0.3 is 15.7 Å². The first kappa shape index (κ1) is 18.8. The number of carboxylic acid groups (broad SMARTS) is 1. The predicted molar refractivity (Wildman–Crippen MR) is 118 cm³/mol. The lowest BCUT2D eigenvalue weighted by Crippen LogP contribution is -2.23. The van der Waals surface area contributed by atoms with Crippen molar-refractivity contribution in [3.63, 3.8) is 0 Å². The van der Waals surface area contributed by atoms with Crippen molar-refractivity contribution in [1.29, 1.82) is 0 Å². The number of aromatic nitrogens is 4. The lowest BCUT2D eigenvalue weighted by Gasteiger charge is -2.20. The van der Waals surface area contributed by atoms with Crippen molar-refractivity contribution >= 4 is 50.1 Å². The predicted octanol–water partition coefficient (Wildman–Crippen LogP) is 3.59. The first-order valence-electron chi connectivity index (χ1n) is 9.66. The summed E-state index contributed by atoms with van der Waals surface area (Å²) in [6.07, 6.45) is 4.54. The summed E-state index contributed by atoms with van der Waals surface area (Å²) < 4.78 is 2.28. The molecule has 0 aliphatic carbocycles. The van der Waals surface area contributed by atoms with Gasteiger partial charge in [0.1, 0.15) is 16.1 Å². The Balaban J connectivity index is 1.59. The summed E-state index contributed by atoms with van der Waals surface area (Å²) in [6.45, 7) is 1.37. The minimum Gasteiger partial charge on any atom is -0.481 e. The van der Waals surface area contributed by atoms with Crippen LogP contribution in [0, 0.1) is 5.92 Å². The smallest absolute Gasteiger partial charge is 0.303 e. The zero-order chi connectivity index (χ0) is 20.8. The van der Waals surface area contributed by atoms with E-state index in [0.29, 0.717) is 28.3 Å². The van der Waals surface area contributed by atoms with Gasteiger partial charge in [-0.05, 0) is 40.4 Å². The highest BCUT2D eigenvalue weighted by atomic mass is 79.9. The number of fused-ring (bicyclic) bond motifs is 2. The third-order valence-electron chi connectivity index (χ3n) is 5.56. The van der Waals surface area contributed by atoms with Gasteiger partial charge in [0.15, 0.2) is 5.65 Å². The van der Waals surface area contributed by atoms with Crippen LogP contribution in [0.5, 0.6) is 0 Å². The minimum absolute atomic E-state index is 0.0997. The van der Waals surface area contributed by atoms with Crippen molar-refractivity contribution in [3.05, 3.63) is 47.2 Å². The highest BCUT2D eigenvalue weighted by Gasteiger charge is 2.28. The Labute approximate surface area is 180 Å². The van der Waals surface area contributed by atoms with Gasteiger partial charge >= 0.3 is 5.97 Å². The summed E-state index contributed by atoms with van der Waals surface area (Å²) in [5.74, 6) is 0.494.